The molecule has 0 unspecified atom stereocenters. The second-order valence-electron chi connectivity index (χ2n) is 7.17. The van der Waals surface area contributed by atoms with Gasteiger partial charge in [0.2, 0.25) is 5.09 Å². The lowest BCUT2D eigenvalue weighted by Gasteiger charge is -2.22. The van der Waals surface area contributed by atoms with Crippen molar-refractivity contribution in [1.29, 1.82) is 0 Å². The fraction of sp³-hybridized carbons (Fsp3) is 0.421. The van der Waals surface area contributed by atoms with E-state index in [4.69, 9.17) is 20.8 Å². The zero-order valence-corrected chi connectivity index (χ0v) is 18.7. The molecule has 0 saturated carbocycles. The highest BCUT2D eigenvalue weighted by molar-refractivity contribution is 7.88. The molecule has 0 fully saturated rings. The summed E-state index contributed by atoms with van der Waals surface area (Å²) in [5.74, 6) is -0.893. The lowest BCUT2D eigenvalue weighted by molar-refractivity contribution is -0.147. The number of nitrogens with zero attached hydrogens (tertiary/aromatic N) is 1. The molecular weight excluding hydrogens is 461 g/mol. The predicted molar refractivity (Wildman–Crippen MR) is 108 cm³/mol. The molecule has 12 heteroatoms. The number of hydrogen-bond donors (Lipinski definition) is 1. The summed E-state index contributed by atoms with van der Waals surface area (Å²) in [6.07, 6.45) is -4.54. The lowest BCUT2D eigenvalue weighted by atomic mass is 10.0. The summed E-state index contributed by atoms with van der Waals surface area (Å²) in [4.78, 5) is 12.5. The third kappa shape index (κ3) is 6.14. The van der Waals surface area contributed by atoms with Gasteiger partial charge in [0.15, 0.2) is 0 Å². The van der Waals surface area contributed by atoms with Crippen molar-refractivity contribution in [1.82, 2.24) is 4.31 Å². The van der Waals surface area contributed by atoms with Crippen molar-refractivity contribution in [2.75, 3.05) is 19.4 Å². The molecule has 0 amide bonds. The summed E-state index contributed by atoms with van der Waals surface area (Å²) in [7, 11) is -1.06. The Morgan fingerprint density at radius 1 is 1.23 bits per heavy atom. The normalized spacial score (nSPS) is 13.5. The van der Waals surface area contributed by atoms with E-state index in [1.807, 2.05) is 0 Å². The summed E-state index contributed by atoms with van der Waals surface area (Å²) in [5.41, 5.74) is -0.768. The molecule has 0 aliphatic rings. The monoisotopic (exact) mass is 482 g/mol. The number of sulfonamides is 1. The van der Waals surface area contributed by atoms with E-state index < -0.39 is 33.8 Å². The van der Waals surface area contributed by atoms with Crippen LogP contribution in [0.5, 0.6) is 0 Å². The summed E-state index contributed by atoms with van der Waals surface area (Å²) < 4.78 is 73.9. The van der Waals surface area contributed by atoms with Crippen LogP contribution in [0.4, 0.5) is 18.9 Å². The highest BCUT2D eigenvalue weighted by Gasteiger charge is 2.32. The van der Waals surface area contributed by atoms with Gasteiger partial charge in [0.1, 0.15) is 18.4 Å². The van der Waals surface area contributed by atoms with Gasteiger partial charge in [-0.1, -0.05) is 25.4 Å². The second kappa shape index (κ2) is 9.49. The van der Waals surface area contributed by atoms with E-state index >= 15 is 0 Å². The van der Waals surface area contributed by atoms with Crippen LogP contribution in [-0.2, 0) is 32.3 Å². The molecule has 0 saturated heterocycles. The number of alkyl halides is 3. The minimum atomic E-state index is -4.54. The minimum Gasteiger partial charge on any atom is -0.456 e. The molecule has 31 heavy (non-hydrogen) atoms. The maximum atomic E-state index is 12.8. The quantitative estimate of drug-likeness (QED) is 0.562. The number of esters is 1. The van der Waals surface area contributed by atoms with Gasteiger partial charge >= 0.3 is 12.1 Å². The van der Waals surface area contributed by atoms with Gasteiger partial charge in [-0.25, -0.2) is 17.5 Å². The van der Waals surface area contributed by atoms with Crippen molar-refractivity contribution in [3.63, 3.8) is 0 Å². The Morgan fingerprint density at radius 3 is 2.39 bits per heavy atom. The first-order valence-electron chi connectivity index (χ1n) is 9.04. The first-order valence-corrected chi connectivity index (χ1v) is 10.9. The minimum absolute atomic E-state index is 0.115. The lowest BCUT2D eigenvalue weighted by Crippen LogP contribution is -2.36. The molecule has 0 aliphatic heterocycles. The Bertz CT molecular complexity index is 1040. The van der Waals surface area contributed by atoms with Crippen molar-refractivity contribution < 1.29 is 35.5 Å². The zero-order valence-electron chi connectivity index (χ0n) is 17.2. The van der Waals surface area contributed by atoms with Crippen LogP contribution in [0, 0.1) is 5.92 Å². The van der Waals surface area contributed by atoms with Crippen LogP contribution in [0.25, 0.3) is 0 Å². The Hall–Kier alpha value is -2.24. The van der Waals surface area contributed by atoms with Crippen LogP contribution in [0.3, 0.4) is 0 Å². The summed E-state index contributed by atoms with van der Waals surface area (Å²) in [6.45, 7) is 3.10. The fourth-order valence-electron chi connectivity index (χ4n) is 2.46. The van der Waals surface area contributed by atoms with E-state index in [0.29, 0.717) is 0 Å². The molecule has 1 N–H and O–H groups in total. The molecule has 0 spiro atoms. The third-order valence-electron chi connectivity index (χ3n) is 4.26. The number of anilines is 1. The van der Waals surface area contributed by atoms with Gasteiger partial charge in [0, 0.05) is 14.1 Å². The number of hydrogen-bond acceptors (Lipinski definition) is 6. The molecule has 0 radical (unpaired) electrons. The largest absolute Gasteiger partial charge is 0.456 e. The molecule has 172 valence electrons. The Balaban J connectivity index is 2.10. The number of carbonyl (C=O) groups is 1. The Labute approximate surface area is 183 Å². The Morgan fingerprint density at radius 2 is 1.87 bits per heavy atom. The second-order valence-corrected chi connectivity index (χ2v) is 9.66. The summed E-state index contributed by atoms with van der Waals surface area (Å²) >= 11 is 5.94. The van der Waals surface area contributed by atoms with Crippen LogP contribution >= 0.6 is 11.6 Å². The number of benzene rings is 1. The molecule has 1 aromatic carbocycles. The molecule has 2 aromatic rings. The predicted octanol–water partition coefficient (Wildman–Crippen LogP) is 4.38. The first-order chi connectivity index (χ1) is 14.2. The summed E-state index contributed by atoms with van der Waals surface area (Å²) in [5, 5.41) is 2.31. The molecule has 0 aliphatic carbocycles. The number of furan rings is 1. The smallest absolute Gasteiger partial charge is 0.416 e. The average Bonchev–Trinajstić information content (AvgIpc) is 3.13. The molecular formula is C19H22ClF3N2O5S. The van der Waals surface area contributed by atoms with Crippen molar-refractivity contribution in [2.45, 2.75) is 37.8 Å². The van der Waals surface area contributed by atoms with E-state index in [9.17, 15) is 26.4 Å². The van der Waals surface area contributed by atoms with Crippen LogP contribution < -0.4 is 5.32 Å². The molecule has 1 atom stereocenters. The SMILES string of the molecule is CC(C)[C@H](Nc1ccc(C(F)(F)F)cc1Cl)C(=O)OCc1ccc(S(=O)(=O)N(C)C)o1. The van der Waals surface area contributed by atoms with Crippen molar-refractivity contribution in [2.24, 2.45) is 5.92 Å². The fourth-order valence-corrected chi connectivity index (χ4v) is 3.51. The number of halogens is 4. The van der Waals surface area contributed by atoms with E-state index in [-0.39, 0.29) is 34.1 Å². The van der Waals surface area contributed by atoms with Crippen LogP contribution in [0.2, 0.25) is 5.02 Å². The van der Waals surface area contributed by atoms with Gasteiger partial charge in [-0.3, -0.25) is 0 Å². The average molecular weight is 483 g/mol. The van der Waals surface area contributed by atoms with E-state index in [2.05, 4.69) is 5.32 Å². The topological polar surface area (TPSA) is 88.8 Å². The maximum Gasteiger partial charge on any atom is 0.416 e. The van der Waals surface area contributed by atoms with Gasteiger partial charge in [0.25, 0.3) is 10.0 Å². The van der Waals surface area contributed by atoms with Gasteiger partial charge in [-0.05, 0) is 36.2 Å². The number of rotatable bonds is 8. The maximum absolute atomic E-state index is 12.8. The molecule has 7 nitrogen and oxygen atoms in total. The zero-order chi connectivity index (χ0) is 23.6. The molecule has 1 heterocycles. The standard InChI is InChI=1S/C19H22ClF3N2O5S/c1-11(2)17(24-15-7-5-12(9-14(15)20)19(21,22)23)18(26)29-10-13-6-8-16(30-13)31(27,28)25(3)4/h5-9,11,17,24H,10H2,1-4H3/t17-/m0/s1. The third-order valence-corrected chi connectivity index (χ3v) is 6.26. The highest BCUT2D eigenvalue weighted by atomic mass is 35.5. The summed E-state index contributed by atoms with van der Waals surface area (Å²) in [6, 6.07) is 4.45. The van der Waals surface area contributed by atoms with Crippen molar-refractivity contribution in [3.05, 3.63) is 46.7 Å². The number of carbonyl (C=O) groups excluding carboxylic acids is 1. The Kier molecular flexibility index (Phi) is 7.66. The van der Waals surface area contributed by atoms with Gasteiger partial charge in [-0.15, -0.1) is 0 Å². The van der Waals surface area contributed by atoms with E-state index in [1.54, 1.807) is 13.8 Å². The highest BCUT2D eigenvalue weighted by Crippen LogP contribution is 2.34. The molecule has 1 aromatic heterocycles. The first kappa shape index (κ1) is 25.0. The van der Waals surface area contributed by atoms with Gasteiger partial charge in [0.05, 0.1) is 16.3 Å². The van der Waals surface area contributed by atoms with E-state index in [1.165, 1.54) is 26.2 Å². The van der Waals surface area contributed by atoms with Crippen LogP contribution in [0.1, 0.15) is 25.2 Å². The van der Waals surface area contributed by atoms with Crippen LogP contribution in [0.15, 0.2) is 39.8 Å². The van der Waals surface area contributed by atoms with Crippen molar-refractivity contribution >= 4 is 33.3 Å². The van der Waals surface area contributed by atoms with Gasteiger partial charge in [-0.2, -0.15) is 13.2 Å². The van der Waals surface area contributed by atoms with Crippen LogP contribution in [-0.4, -0.2) is 38.8 Å². The molecule has 2 rings (SSSR count). The molecule has 0 bridgehead atoms. The van der Waals surface area contributed by atoms with Gasteiger partial charge < -0.3 is 14.5 Å². The van der Waals surface area contributed by atoms with Crippen molar-refractivity contribution in [3.8, 4) is 0 Å². The number of ether oxygens (including phenoxy) is 1. The van der Waals surface area contributed by atoms with E-state index in [0.717, 1.165) is 22.5 Å². The number of nitrogens with one attached hydrogen (secondary N) is 1.